The summed E-state index contributed by atoms with van der Waals surface area (Å²) >= 11 is 0. The van der Waals surface area contributed by atoms with Crippen LogP contribution in [0.4, 0.5) is 5.69 Å². The van der Waals surface area contributed by atoms with Crippen LogP contribution in [0.3, 0.4) is 0 Å². The number of carbonyl (C=O) groups excluding carboxylic acids is 1. The van der Waals surface area contributed by atoms with Gasteiger partial charge < -0.3 is 10.0 Å². The number of hydrogen-bond acceptors (Lipinski definition) is 4. The maximum Gasteiger partial charge on any atom is 0.308 e. The minimum absolute atomic E-state index is 0.0289. The molecule has 2 aliphatic heterocycles. The molecule has 1 aromatic rings. The number of amides is 1. The summed E-state index contributed by atoms with van der Waals surface area (Å²) in [7, 11) is 0. The summed E-state index contributed by atoms with van der Waals surface area (Å²) in [4.78, 5) is 35.5. The summed E-state index contributed by atoms with van der Waals surface area (Å²) < 4.78 is 0. The summed E-state index contributed by atoms with van der Waals surface area (Å²) in [6, 6.07) is 5.15. The Morgan fingerprint density at radius 2 is 1.90 bits per heavy atom. The van der Waals surface area contributed by atoms with Gasteiger partial charge in [-0.05, 0) is 31.4 Å². The summed E-state index contributed by atoms with van der Waals surface area (Å²) in [5.74, 6) is -1.59. The van der Waals surface area contributed by atoms with E-state index in [1.165, 1.54) is 24.3 Å². The number of nitro groups is 1. The molecule has 2 heterocycles. The quantitative estimate of drug-likeness (QED) is 0.674. The first-order valence-corrected chi connectivity index (χ1v) is 6.79. The number of fused-ring (bicyclic) bond motifs is 2. The zero-order chi connectivity index (χ0) is 15.1. The Bertz CT molecular complexity index is 612. The van der Waals surface area contributed by atoms with E-state index in [1.807, 2.05) is 0 Å². The third-order valence-electron chi connectivity index (χ3n) is 4.41. The molecule has 2 saturated heterocycles. The predicted molar refractivity (Wildman–Crippen MR) is 71.8 cm³/mol. The molecule has 3 rings (SSSR count). The summed E-state index contributed by atoms with van der Waals surface area (Å²) in [6.45, 7) is 0. The number of hydrogen-bond donors (Lipinski definition) is 1. The van der Waals surface area contributed by atoms with Gasteiger partial charge in [0.05, 0.1) is 10.8 Å². The maximum absolute atomic E-state index is 12.5. The van der Waals surface area contributed by atoms with Gasteiger partial charge in [-0.2, -0.15) is 0 Å². The van der Waals surface area contributed by atoms with E-state index in [4.69, 9.17) is 0 Å². The Hall–Kier alpha value is -2.44. The van der Waals surface area contributed by atoms with Crippen LogP contribution in [0, 0.1) is 16.0 Å². The maximum atomic E-state index is 12.5. The van der Waals surface area contributed by atoms with E-state index in [9.17, 15) is 24.8 Å². The molecule has 2 aliphatic rings. The summed E-state index contributed by atoms with van der Waals surface area (Å²) in [5, 5.41) is 19.8. The molecule has 2 bridgehead atoms. The molecule has 1 amide bonds. The van der Waals surface area contributed by atoms with Crippen LogP contribution in [0.5, 0.6) is 0 Å². The Labute approximate surface area is 120 Å². The van der Waals surface area contributed by atoms with E-state index in [0.29, 0.717) is 18.4 Å². The van der Waals surface area contributed by atoms with Gasteiger partial charge in [-0.3, -0.25) is 19.7 Å². The molecule has 0 spiro atoms. The molecular weight excluding hydrogens is 276 g/mol. The highest BCUT2D eigenvalue weighted by Crippen LogP contribution is 2.42. The second-order valence-corrected chi connectivity index (χ2v) is 5.50. The van der Waals surface area contributed by atoms with E-state index in [1.54, 1.807) is 4.90 Å². The molecule has 7 heteroatoms. The molecule has 2 fully saturated rings. The number of nitro benzene ring substituents is 1. The Balaban J connectivity index is 1.83. The molecule has 110 valence electrons. The fourth-order valence-corrected chi connectivity index (χ4v) is 3.45. The number of non-ortho nitro benzene ring substituents is 1. The second-order valence-electron chi connectivity index (χ2n) is 5.50. The van der Waals surface area contributed by atoms with Crippen LogP contribution in [0.1, 0.15) is 29.6 Å². The number of nitrogens with zero attached hydrogens (tertiary/aromatic N) is 2. The Morgan fingerprint density at radius 3 is 2.43 bits per heavy atom. The standard InChI is InChI=1S/C14H14N2O5/c17-13(8-1-3-9(4-2-8)16(20)21)15-10-5-6-12(15)11(7-10)14(18)19/h1-4,10-12H,5-7H2,(H,18,19). The predicted octanol–water partition coefficient (Wildman–Crippen LogP) is 1.67. The van der Waals surface area contributed by atoms with Crippen LogP contribution < -0.4 is 0 Å². The average Bonchev–Trinajstić information content (AvgIpc) is 3.04. The van der Waals surface area contributed by atoms with Gasteiger partial charge in [0.2, 0.25) is 0 Å². The van der Waals surface area contributed by atoms with Crippen molar-refractivity contribution < 1.29 is 19.6 Å². The van der Waals surface area contributed by atoms with E-state index in [-0.39, 0.29) is 23.7 Å². The van der Waals surface area contributed by atoms with Gasteiger partial charge in [-0.1, -0.05) is 0 Å². The fourth-order valence-electron chi connectivity index (χ4n) is 3.45. The van der Waals surface area contributed by atoms with Crippen molar-refractivity contribution in [2.24, 2.45) is 5.92 Å². The van der Waals surface area contributed by atoms with Crippen LogP contribution in [0.2, 0.25) is 0 Å². The lowest BCUT2D eigenvalue weighted by Gasteiger charge is -2.23. The molecule has 1 aromatic carbocycles. The SMILES string of the molecule is O=C(O)C1CC2CCC1N2C(=O)c1ccc([N+](=O)[O-])cc1. The third kappa shape index (κ3) is 2.14. The first-order valence-electron chi connectivity index (χ1n) is 6.79. The summed E-state index contributed by atoms with van der Waals surface area (Å²) in [6.07, 6.45) is 2.03. The van der Waals surface area contributed by atoms with Gasteiger partial charge in [-0.25, -0.2) is 0 Å². The van der Waals surface area contributed by atoms with Gasteiger partial charge in [0.1, 0.15) is 0 Å². The fraction of sp³-hybridized carbons (Fsp3) is 0.429. The molecular formula is C14H14N2O5. The van der Waals surface area contributed by atoms with Crippen molar-refractivity contribution in [1.29, 1.82) is 0 Å². The van der Waals surface area contributed by atoms with E-state index in [0.717, 1.165) is 6.42 Å². The topological polar surface area (TPSA) is 101 Å². The van der Waals surface area contributed by atoms with E-state index in [2.05, 4.69) is 0 Å². The highest BCUT2D eigenvalue weighted by molar-refractivity contribution is 5.95. The molecule has 1 N–H and O–H groups in total. The van der Waals surface area contributed by atoms with E-state index < -0.39 is 16.8 Å². The zero-order valence-corrected chi connectivity index (χ0v) is 11.1. The molecule has 0 aromatic heterocycles. The van der Waals surface area contributed by atoms with Crippen molar-refractivity contribution in [1.82, 2.24) is 4.90 Å². The monoisotopic (exact) mass is 290 g/mol. The summed E-state index contributed by atoms with van der Waals surface area (Å²) in [5.41, 5.74) is 0.294. The van der Waals surface area contributed by atoms with Gasteiger partial charge in [0, 0.05) is 29.8 Å². The lowest BCUT2D eigenvalue weighted by Crippen LogP contribution is -2.37. The molecule has 7 nitrogen and oxygen atoms in total. The number of carboxylic acid groups (broad SMARTS) is 1. The lowest BCUT2D eigenvalue weighted by atomic mass is 9.89. The minimum atomic E-state index is -0.858. The van der Waals surface area contributed by atoms with Crippen molar-refractivity contribution in [3.63, 3.8) is 0 Å². The van der Waals surface area contributed by atoms with Gasteiger partial charge in [0.15, 0.2) is 0 Å². The number of benzene rings is 1. The highest BCUT2D eigenvalue weighted by atomic mass is 16.6. The molecule has 21 heavy (non-hydrogen) atoms. The molecule has 3 atom stereocenters. The smallest absolute Gasteiger partial charge is 0.308 e. The van der Waals surface area contributed by atoms with Crippen molar-refractivity contribution >= 4 is 17.6 Å². The number of rotatable bonds is 3. The minimum Gasteiger partial charge on any atom is -0.481 e. The van der Waals surface area contributed by atoms with E-state index >= 15 is 0 Å². The number of carboxylic acids is 1. The normalized spacial score (nSPS) is 26.9. The van der Waals surface area contributed by atoms with Crippen LogP contribution in [0.25, 0.3) is 0 Å². The van der Waals surface area contributed by atoms with Crippen LogP contribution >= 0.6 is 0 Å². The van der Waals surface area contributed by atoms with Gasteiger partial charge in [0.25, 0.3) is 11.6 Å². The third-order valence-corrected chi connectivity index (χ3v) is 4.41. The van der Waals surface area contributed by atoms with Crippen LogP contribution in [-0.2, 0) is 4.79 Å². The Morgan fingerprint density at radius 1 is 1.24 bits per heavy atom. The number of carbonyl (C=O) groups is 2. The molecule has 3 unspecified atom stereocenters. The number of aliphatic carboxylic acids is 1. The van der Waals surface area contributed by atoms with Crippen LogP contribution in [-0.4, -0.2) is 38.9 Å². The molecule has 0 aliphatic carbocycles. The highest BCUT2D eigenvalue weighted by Gasteiger charge is 2.51. The molecule has 0 saturated carbocycles. The van der Waals surface area contributed by atoms with Crippen molar-refractivity contribution in [2.75, 3.05) is 0 Å². The second kappa shape index (κ2) is 4.83. The largest absolute Gasteiger partial charge is 0.481 e. The van der Waals surface area contributed by atoms with Gasteiger partial charge in [-0.15, -0.1) is 0 Å². The molecule has 0 radical (unpaired) electrons. The van der Waals surface area contributed by atoms with Gasteiger partial charge >= 0.3 is 5.97 Å². The average molecular weight is 290 g/mol. The van der Waals surface area contributed by atoms with Crippen LogP contribution in [0.15, 0.2) is 24.3 Å². The van der Waals surface area contributed by atoms with Crippen molar-refractivity contribution in [3.8, 4) is 0 Å². The first kappa shape index (κ1) is 13.5. The first-order chi connectivity index (χ1) is 9.99. The van der Waals surface area contributed by atoms with Crippen molar-refractivity contribution in [2.45, 2.75) is 31.3 Å². The Kier molecular flexibility index (Phi) is 3.12. The zero-order valence-electron chi connectivity index (χ0n) is 11.1. The lowest BCUT2D eigenvalue weighted by molar-refractivity contribution is -0.384. The van der Waals surface area contributed by atoms with Crippen molar-refractivity contribution in [3.05, 3.63) is 39.9 Å².